The minimum atomic E-state index is -1.09. The van der Waals surface area contributed by atoms with Crippen LogP contribution >= 0.6 is 11.3 Å². The monoisotopic (exact) mass is 299 g/mol. The molecular weight excluding hydrogens is 286 g/mol. The second kappa shape index (κ2) is 5.54. The molecule has 2 aromatic heterocycles. The van der Waals surface area contributed by atoms with Crippen molar-refractivity contribution in [3.8, 4) is 22.1 Å². The average Bonchev–Trinajstić information content (AvgIpc) is 3.16. The fourth-order valence-electron chi connectivity index (χ4n) is 2.06. The standard InChI is InChI=1S/C16H13NO3S/c1-2-10-5-7-11(8-6-10)14-13(16(18)19)17-15(20-14)12-4-3-9-21-12/h3-9H,2H2,1H3,(H,18,19). The van der Waals surface area contributed by atoms with E-state index >= 15 is 0 Å². The summed E-state index contributed by atoms with van der Waals surface area (Å²) in [5.74, 6) is -0.443. The molecule has 0 saturated carbocycles. The van der Waals surface area contributed by atoms with E-state index in [4.69, 9.17) is 4.42 Å². The minimum Gasteiger partial charge on any atom is -0.476 e. The summed E-state index contributed by atoms with van der Waals surface area (Å²) >= 11 is 1.46. The Morgan fingerprint density at radius 1 is 1.29 bits per heavy atom. The van der Waals surface area contributed by atoms with Crippen molar-refractivity contribution in [3.05, 3.63) is 53.0 Å². The van der Waals surface area contributed by atoms with E-state index in [2.05, 4.69) is 11.9 Å². The number of hydrogen-bond donors (Lipinski definition) is 1. The number of aryl methyl sites for hydroxylation is 1. The van der Waals surface area contributed by atoms with Crippen LogP contribution in [0.15, 0.2) is 46.2 Å². The molecule has 0 aliphatic rings. The third-order valence-corrected chi connectivity index (χ3v) is 4.04. The van der Waals surface area contributed by atoms with E-state index in [1.165, 1.54) is 16.9 Å². The Morgan fingerprint density at radius 2 is 2.05 bits per heavy atom. The Morgan fingerprint density at radius 3 is 2.62 bits per heavy atom. The van der Waals surface area contributed by atoms with Crippen LogP contribution in [0.5, 0.6) is 0 Å². The average molecular weight is 299 g/mol. The lowest BCUT2D eigenvalue weighted by molar-refractivity contribution is 0.0691. The highest BCUT2D eigenvalue weighted by molar-refractivity contribution is 7.13. The molecule has 1 N–H and O–H groups in total. The molecule has 4 nitrogen and oxygen atoms in total. The van der Waals surface area contributed by atoms with E-state index in [0.29, 0.717) is 11.7 Å². The van der Waals surface area contributed by atoms with Gasteiger partial charge in [-0.3, -0.25) is 0 Å². The second-order valence-corrected chi connectivity index (χ2v) is 5.48. The summed E-state index contributed by atoms with van der Waals surface area (Å²) in [5.41, 5.74) is 1.86. The van der Waals surface area contributed by atoms with Crippen LogP contribution in [-0.4, -0.2) is 16.1 Å². The zero-order valence-corrected chi connectivity index (χ0v) is 12.2. The summed E-state index contributed by atoms with van der Waals surface area (Å²) in [6.45, 7) is 2.07. The van der Waals surface area contributed by atoms with E-state index < -0.39 is 5.97 Å². The molecule has 2 heterocycles. The number of hydrogen-bond acceptors (Lipinski definition) is 4. The Balaban J connectivity index is 2.09. The van der Waals surface area contributed by atoms with Gasteiger partial charge in [-0.2, -0.15) is 0 Å². The van der Waals surface area contributed by atoms with Crippen LogP contribution in [0.4, 0.5) is 0 Å². The molecule has 106 valence electrons. The van der Waals surface area contributed by atoms with Crippen molar-refractivity contribution in [1.29, 1.82) is 0 Å². The molecular formula is C16H13NO3S. The van der Waals surface area contributed by atoms with Crippen molar-refractivity contribution in [2.75, 3.05) is 0 Å². The highest BCUT2D eigenvalue weighted by Crippen LogP contribution is 2.32. The number of rotatable bonds is 4. The van der Waals surface area contributed by atoms with E-state index in [1.807, 2.05) is 41.8 Å². The summed E-state index contributed by atoms with van der Waals surface area (Å²) in [4.78, 5) is 16.3. The summed E-state index contributed by atoms with van der Waals surface area (Å²) < 4.78 is 5.70. The number of carboxylic acid groups (broad SMARTS) is 1. The van der Waals surface area contributed by atoms with Gasteiger partial charge in [0.1, 0.15) is 0 Å². The minimum absolute atomic E-state index is 0.0531. The number of oxazole rings is 1. The smallest absolute Gasteiger partial charge is 0.358 e. The summed E-state index contributed by atoms with van der Waals surface area (Å²) in [6, 6.07) is 11.4. The van der Waals surface area contributed by atoms with Gasteiger partial charge in [0.25, 0.3) is 0 Å². The number of aromatic carboxylic acids is 1. The lowest BCUT2D eigenvalue weighted by atomic mass is 10.1. The first-order valence-electron chi connectivity index (χ1n) is 6.56. The molecule has 0 spiro atoms. The van der Waals surface area contributed by atoms with Crippen molar-refractivity contribution in [1.82, 2.24) is 4.98 Å². The third kappa shape index (κ3) is 2.60. The number of benzene rings is 1. The predicted molar refractivity (Wildman–Crippen MR) is 81.6 cm³/mol. The van der Waals surface area contributed by atoms with Crippen LogP contribution in [0.3, 0.4) is 0 Å². The Kier molecular flexibility index (Phi) is 3.58. The zero-order valence-electron chi connectivity index (χ0n) is 11.4. The fraction of sp³-hybridized carbons (Fsp3) is 0.125. The highest BCUT2D eigenvalue weighted by atomic mass is 32.1. The SMILES string of the molecule is CCc1ccc(-c2oc(-c3cccs3)nc2C(=O)O)cc1. The maximum atomic E-state index is 11.4. The highest BCUT2D eigenvalue weighted by Gasteiger charge is 2.21. The summed E-state index contributed by atoms with van der Waals surface area (Å²) in [7, 11) is 0. The lowest BCUT2D eigenvalue weighted by Gasteiger charge is -2.00. The van der Waals surface area contributed by atoms with E-state index in [9.17, 15) is 9.90 Å². The van der Waals surface area contributed by atoms with Crippen molar-refractivity contribution in [2.45, 2.75) is 13.3 Å². The first-order valence-corrected chi connectivity index (χ1v) is 7.44. The molecule has 0 amide bonds. The Bertz CT molecular complexity index is 757. The molecule has 0 radical (unpaired) electrons. The van der Waals surface area contributed by atoms with Crippen LogP contribution in [0.25, 0.3) is 22.1 Å². The lowest BCUT2D eigenvalue weighted by Crippen LogP contribution is -1.98. The van der Waals surface area contributed by atoms with Gasteiger partial charge in [-0.25, -0.2) is 9.78 Å². The molecule has 0 saturated heterocycles. The summed E-state index contributed by atoms with van der Waals surface area (Å²) in [5, 5.41) is 11.2. The molecule has 3 aromatic rings. The van der Waals surface area contributed by atoms with Crippen molar-refractivity contribution in [2.24, 2.45) is 0 Å². The van der Waals surface area contributed by atoms with Crippen molar-refractivity contribution >= 4 is 17.3 Å². The van der Waals surface area contributed by atoms with Crippen LogP contribution in [0, 0.1) is 0 Å². The van der Waals surface area contributed by atoms with Gasteiger partial charge < -0.3 is 9.52 Å². The molecule has 0 aliphatic carbocycles. The number of carboxylic acids is 1. The Labute approximate surface area is 125 Å². The predicted octanol–water partition coefficient (Wildman–Crippen LogP) is 4.33. The van der Waals surface area contributed by atoms with Crippen molar-refractivity contribution < 1.29 is 14.3 Å². The first kappa shape index (κ1) is 13.6. The first-order chi connectivity index (χ1) is 10.2. The van der Waals surface area contributed by atoms with Crippen LogP contribution < -0.4 is 0 Å². The molecule has 0 aliphatic heterocycles. The zero-order chi connectivity index (χ0) is 14.8. The molecule has 0 unspecified atom stereocenters. The maximum Gasteiger partial charge on any atom is 0.358 e. The van der Waals surface area contributed by atoms with E-state index in [0.717, 1.165) is 16.9 Å². The second-order valence-electron chi connectivity index (χ2n) is 4.53. The van der Waals surface area contributed by atoms with E-state index in [-0.39, 0.29) is 5.69 Å². The van der Waals surface area contributed by atoms with Gasteiger partial charge in [0.05, 0.1) is 4.88 Å². The molecule has 0 atom stereocenters. The van der Waals surface area contributed by atoms with Crippen molar-refractivity contribution in [3.63, 3.8) is 0 Å². The number of thiophene rings is 1. The van der Waals surface area contributed by atoms with Gasteiger partial charge in [0, 0.05) is 5.56 Å². The quantitative estimate of drug-likeness (QED) is 0.778. The fourth-order valence-corrected chi connectivity index (χ4v) is 2.71. The molecule has 21 heavy (non-hydrogen) atoms. The van der Waals surface area contributed by atoms with Gasteiger partial charge in [0.15, 0.2) is 11.5 Å². The molecule has 3 rings (SSSR count). The number of nitrogens with zero attached hydrogens (tertiary/aromatic N) is 1. The van der Waals surface area contributed by atoms with Crippen LogP contribution in [0.2, 0.25) is 0 Å². The Hall–Kier alpha value is -2.40. The molecule has 0 bridgehead atoms. The van der Waals surface area contributed by atoms with Gasteiger partial charge in [-0.15, -0.1) is 11.3 Å². The maximum absolute atomic E-state index is 11.4. The normalized spacial score (nSPS) is 10.7. The van der Waals surface area contributed by atoms with E-state index in [1.54, 1.807) is 0 Å². The molecule has 0 fully saturated rings. The molecule has 1 aromatic carbocycles. The van der Waals surface area contributed by atoms with Gasteiger partial charge >= 0.3 is 5.97 Å². The molecule has 5 heteroatoms. The van der Waals surface area contributed by atoms with Gasteiger partial charge in [0.2, 0.25) is 5.89 Å². The van der Waals surface area contributed by atoms with Crippen LogP contribution in [0.1, 0.15) is 23.0 Å². The summed E-state index contributed by atoms with van der Waals surface area (Å²) in [6.07, 6.45) is 0.933. The topological polar surface area (TPSA) is 63.3 Å². The number of carbonyl (C=O) groups is 1. The van der Waals surface area contributed by atoms with Gasteiger partial charge in [-0.05, 0) is 23.4 Å². The third-order valence-electron chi connectivity index (χ3n) is 3.19. The number of aromatic nitrogens is 1. The van der Waals surface area contributed by atoms with Crippen LogP contribution in [-0.2, 0) is 6.42 Å². The van der Waals surface area contributed by atoms with Gasteiger partial charge in [-0.1, -0.05) is 37.3 Å². The largest absolute Gasteiger partial charge is 0.476 e.